The zero-order valence-corrected chi connectivity index (χ0v) is 17.5. The molecular formula is C22H32ClN3O. The Balaban J connectivity index is 1.60. The largest absolute Gasteiger partial charge is 0.383 e. The Labute approximate surface area is 168 Å². The summed E-state index contributed by atoms with van der Waals surface area (Å²) in [6.07, 6.45) is 8.24. The van der Waals surface area contributed by atoms with Crippen molar-refractivity contribution >= 4 is 23.2 Å². The molecule has 1 aromatic carbocycles. The third-order valence-corrected chi connectivity index (χ3v) is 5.64. The first kappa shape index (κ1) is 20.2. The van der Waals surface area contributed by atoms with Crippen molar-refractivity contribution in [1.29, 1.82) is 0 Å². The molecule has 0 spiro atoms. The highest BCUT2D eigenvalue weighted by Gasteiger charge is 2.25. The average Bonchev–Trinajstić information content (AvgIpc) is 2.85. The molecule has 1 amide bonds. The molecule has 2 aliphatic rings. The maximum Gasteiger partial charge on any atom is 0.227 e. The lowest BCUT2D eigenvalue weighted by molar-refractivity contribution is -0.125. The molecule has 4 nitrogen and oxygen atoms in total. The summed E-state index contributed by atoms with van der Waals surface area (Å²) in [6.45, 7) is 8.94. The highest BCUT2D eigenvalue weighted by atomic mass is 35.5. The van der Waals surface area contributed by atoms with Gasteiger partial charge in [0.2, 0.25) is 5.91 Å². The Morgan fingerprint density at radius 2 is 1.96 bits per heavy atom. The molecule has 0 saturated heterocycles. The maximum absolute atomic E-state index is 12.3. The van der Waals surface area contributed by atoms with Crippen LogP contribution in [0, 0.1) is 11.8 Å². The Morgan fingerprint density at radius 3 is 2.67 bits per heavy atom. The number of carbonyl (C=O) groups excluding carboxylic acids is 1. The summed E-state index contributed by atoms with van der Waals surface area (Å²) in [5.41, 5.74) is 3.67. The molecular weight excluding hydrogens is 358 g/mol. The van der Waals surface area contributed by atoms with Gasteiger partial charge in [0.15, 0.2) is 0 Å². The molecule has 5 heteroatoms. The number of anilines is 1. The Kier molecular flexibility index (Phi) is 6.48. The molecule has 1 heterocycles. The second kappa shape index (κ2) is 8.66. The Morgan fingerprint density at radius 1 is 1.19 bits per heavy atom. The summed E-state index contributed by atoms with van der Waals surface area (Å²) in [5, 5.41) is 11.0. The monoisotopic (exact) mass is 389 g/mol. The van der Waals surface area contributed by atoms with Gasteiger partial charge in [-0.3, -0.25) is 4.79 Å². The third-order valence-electron chi connectivity index (χ3n) is 5.32. The maximum atomic E-state index is 12.3. The van der Waals surface area contributed by atoms with E-state index in [1.807, 2.05) is 26.8 Å². The van der Waals surface area contributed by atoms with E-state index in [1.54, 1.807) is 0 Å². The minimum absolute atomic E-state index is 0.0110. The molecule has 0 fully saturated rings. The molecule has 3 rings (SSSR count). The lowest BCUT2D eigenvalue weighted by Gasteiger charge is -2.27. The van der Waals surface area contributed by atoms with Crippen LogP contribution >= 0.6 is 11.6 Å². The van der Waals surface area contributed by atoms with E-state index in [2.05, 4.69) is 34.2 Å². The van der Waals surface area contributed by atoms with E-state index in [0.717, 1.165) is 56.0 Å². The molecule has 0 aromatic heterocycles. The van der Waals surface area contributed by atoms with Crippen molar-refractivity contribution < 1.29 is 4.79 Å². The number of benzene rings is 1. The minimum Gasteiger partial charge on any atom is -0.383 e. The summed E-state index contributed by atoms with van der Waals surface area (Å²) >= 11 is 6.50. The topological polar surface area (TPSA) is 53.2 Å². The van der Waals surface area contributed by atoms with Crippen molar-refractivity contribution in [2.24, 2.45) is 11.8 Å². The van der Waals surface area contributed by atoms with Crippen LogP contribution in [0.4, 0.5) is 5.69 Å². The van der Waals surface area contributed by atoms with Gasteiger partial charge in [-0.25, -0.2) is 0 Å². The van der Waals surface area contributed by atoms with Crippen LogP contribution in [0.2, 0.25) is 5.02 Å². The second-order valence-electron chi connectivity index (χ2n) is 8.76. The minimum atomic E-state index is -0.181. The first-order valence-electron chi connectivity index (χ1n) is 10.1. The van der Waals surface area contributed by atoms with Crippen molar-refractivity contribution in [2.75, 3.05) is 25.0 Å². The summed E-state index contributed by atoms with van der Waals surface area (Å²) in [6, 6.07) is 4.17. The number of fused-ring (bicyclic) bond motifs is 1. The number of nitrogens with one attached hydrogen (secondary N) is 3. The molecule has 0 bridgehead atoms. The number of amides is 1. The molecule has 0 saturated carbocycles. The predicted octanol–water partition coefficient (Wildman–Crippen LogP) is 3.94. The molecule has 2 atom stereocenters. The van der Waals surface area contributed by atoms with E-state index in [9.17, 15) is 4.79 Å². The van der Waals surface area contributed by atoms with Crippen LogP contribution < -0.4 is 16.0 Å². The highest BCUT2D eigenvalue weighted by molar-refractivity contribution is 6.33. The summed E-state index contributed by atoms with van der Waals surface area (Å²) in [5.74, 6) is 0.553. The van der Waals surface area contributed by atoms with Crippen molar-refractivity contribution in [3.63, 3.8) is 0 Å². The van der Waals surface area contributed by atoms with E-state index in [-0.39, 0.29) is 17.4 Å². The van der Waals surface area contributed by atoms with Gasteiger partial charge in [-0.15, -0.1) is 0 Å². The first-order chi connectivity index (χ1) is 12.8. The molecule has 1 aromatic rings. The molecule has 148 valence electrons. The standard InChI is InChI=1S/C22H32ClN3O/c1-22(2,3)26-21(27)17-6-4-15(5-7-17)14-25-20-18-11-13-24-12-10-16(18)8-9-19(20)23/h4,6,8-9,15,17,24-25H,5,7,10-14H2,1-3H3,(H,26,27). The lowest BCUT2D eigenvalue weighted by Crippen LogP contribution is -2.44. The average molecular weight is 390 g/mol. The normalized spacial score (nSPS) is 22.7. The molecule has 0 radical (unpaired) electrons. The van der Waals surface area contributed by atoms with Gasteiger partial charge >= 0.3 is 0 Å². The van der Waals surface area contributed by atoms with Crippen molar-refractivity contribution in [2.45, 2.75) is 52.0 Å². The molecule has 1 aliphatic heterocycles. The fourth-order valence-electron chi connectivity index (χ4n) is 3.90. The lowest BCUT2D eigenvalue weighted by atomic mass is 9.87. The Hall–Kier alpha value is -1.52. The SMILES string of the molecule is CC(C)(C)NC(=O)C1C=CC(CNc2c(Cl)ccc3c2CCNCC3)CC1. The second-order valence-corrected chi connectivity index (χ2v) is 9.17. The number of carbonyl (C=O) groups is 1. The Bertz CT molecular complexity index is 708. The van der Waals surface area contributed by atoms with Gasteiger partial charge in [0.25, 0.3) is 0 Å². The van der Waals surface area contributed by atoms with Crippen LogP contribution in [-0.4, -0.2) is 31.1 Å². The van der Waals surface area contributed by atoms with Gasteiger partial charge in [0.05, 0.1) is 16.6 Å². The first-order valence-corrected chi connectivity index (χ1v) is 10.5. The van der Waals surface area contributed by atoms with Crippen molar-refractivity contribution in [3.05, 3.63) is 40.4 Å². The zero-order chi connectivity index (χ0) is 19.4. The molecule has 27 heavy (non-hydrogen) atoms. The van der Waals surface area contributed by atoms with Crippen LogP contribution in [0.15, 0.2) is 24.3 Å². The number of hydrogen-bond acceptors (Lipinski definition) is 3. The van der Waals surface area contributed by atoms with Gasteiger partial charge in [-0.2, -0.15) is 0 Å². The van der Waals surface area contributed by atoms with Gasteiger partial charge in [-0.1, -0.05) is 29.8 Å². The smallest absolute Gasteiger partial charge is 0.227 e. The molecule has 3 N–H and O–H groups in total. The molecule has 2 unspecified atom stereocenters. The van der Waals surface area contributed by atoms with E-state index < -0.39 is 0 Å². The van der Waals surface area contributed by atoms with Crippen molar-refractivity contribution in [3.8, 4) is 0 Å². The third kappa shape index (κ3) is 5.49. The van der Waals surface area contributed by atoms with E-state index in [4.69, 9.17) is 11.6 Å². The van der Waals surface area contributed by atoms with Crippen LogP contribution in [0.25, 0.3) is 0 Å². The van der Waals surface area contributed by atoms with Gasteiger partial charge in [-0.05, 0) is 82.7 Å². The van der Waals surface area contributed by atoms with Gasteiger partial charge in [0.1, 0.15) is 0 Å². The number of hydrogen-bond donors (Lipinski definition) is 3. The van der Waals surface area contributed by atoms with Gasteiger partial charge in [0, 0.05) is 12.1 Å². The number of rotatable bonds is 4. The van der Waals surface area contributed by atoms with E-state index >= 15 is 0 Å². The summed E-state index contributed by atoms with van der Waals surface area (Å²) < 4.78 is 0. The molecule has 1 aliphatic carbocycles. The van der Waals surface area contributed by atoms with Crippen molar-refractivity contribution in [1.82, 2.24) is 10.6 Å². The summed E-state index contributed by atoms with van der Waals surface area (Å²) in [4.78, 5) is 12.3. The van der Waals surface area contributed by atoms with Crippen LogP contribution in [0.5, 0.6) is 0 Å². The fraction of sp³-hybridized carbons (Fsp3) is 0.591. The van der Waals surface area contributed by atoms with Gasteiger partial charge < -0.3 is 16.0 Å². The quantitative estimate of drug-likeness (QED) is 0.683. The summed E-state index contributed by atoms with van der Waals surface area (Å²) in [7, 11) is 0. The number of halogens is 1. The van der Waals surface area contributed by atoms with Crippen LogP contribution in [0.3, 0.4) is 0 Å². The highest BCUT2D eigenvalue weighted by Crippen LogP contribution is 2.32. The predicted molar refractivity (Wildman–Crippen MR) is 113 cm³/mol. The zero-order valence-electron chi connectivity index (χ0n) is 16.7. The van der Waals surface area contributed by atoms with E-state index in [0.29, 0.717) is 5.92 Å². The van der Waals surface area contributed by atoms with Crippen LogP contribution in [-0.2, 0) is 17.6 Å². The van der Waals surface area contributed by atoms with Crippen LogP contribution in [0.1, 0.15) is 44.7 Å². The van der Waals surface area contributed by atoms with E-state index in [1.165, 1.54) is 11.1 Å². The fourth-order valence-corrected chi connectivity index (χ4v) is 4.14.